The fraction of sp³-hybridized carbons (Fsp3) is 0.364. The topological polar surface area (TPSA) is 57.9 Å². The van der Waals surface area contributed by atoms with E-state index in [2.05, 4.69) is 0 Å². The molecule has 0 spiro atoms. The van der Waals surface area contributed by atoms with E-state index in [1.807, 2.05) is 12.1 Å². The van der Waals surface area contributed by atoms with Gasteiger partial charge in [-0.3, -0.25) is 0 Å². The van der Waals surface area contributed by atoms with Gasteiger partial charge in [-0.05, 0) is 36.5 Å². The first kappa shape index (κ1) is 10.2. The quantitative estimate of drug-likeness (QED) is 0.782. The summed E-state index contributed by atoms with van der Waals surface area (Å²) in [5.74, 6) is 0.174. The van der Waals surface area contributed by atoms with Crippen LogP contribution in [0, 0.1) is 11.3 Å². The van der Waals surface area contributed by atoms with Gasteiger partial charge in [0.1, 0.15) is 5.75 Å². The third-order valence-corrected chi connectivity index (χ3v) is 4.04. The van der Waals surface area contributed by atoms with Crippen molar-refractivity contribution >= 4 is 9.84 Å². The van der Waals surface area contributed by atoms with Gasteiger partial charge < -0.3 is 0 Å². The minimum absolute atomic E-state index is 0.244. The van der Waals surface area contributed by atoms with Crippen LogP contribution in [-0.2, 0) is 9.84 Å². The van der Waals surface area contributed by atoms with Gasteiger partial charge in [0.15, 0.2) is 9.84 Å². The lowest BCUT2D eigenvalue weighted by atomic mass is 10.1. The normalized spacial score (nSPS) is 15.9. The molecule has 0 aliphatic heterocycles. The molecule has 3 nitrogen and oxygen atoms in total. The Morgan fingerprint density at radius 2 is 1.87 bits per heavy atom. The second-order valence-electron chi connectivity index (χ2n) is 3.76. The van der Waals surface area contributed by atoms with Crippen molar-refractivity contribution < 1.29 is 8.42 Å². The summed E-state index contributed by atoms with van der Waals surface area (Å²) in [6.45, 7) is 0. The Kier molecular flexibility index (Phi) is 2.49. The molecule has 0 aromatic heterocycles. The van der Waals surface area contributed by atoms with Crippen LogP contribution >= 0.6 is 0 Å². The molecule has 0 unspecified atom stereocenters. The Hall–Kier alpha value is -1.34. The summed E-state index contributed by atoms with van der Waals surface area (Å²) in [5.41, 5.74) is 1.20. The lowest BCUT2D eigenvalue weighted by Gasteiger charge is -2.01. The molecule has 1 aliphatic carbocycles. The number of nitriles is 1. The Balaban J connectivity index is 2.27. The third kappa shape index (κ3) is 2.18. The van der Waals surface area contributed by atoms with Crippen LogP contribution in [0.15, 0.2) is 29.2 Å². The van der Waals surface area contributed by atoms with Crippen molar-refractivity contribution in [2.75, 3.05) is 5.75 Å². The summed E-state index contributed by atoms with van der Waals surface area (Å²) in [5, 5.41) is 8.39. The number of nitrogens with zero attached hydrogens (tertiary/aromatic N) is 1. The fourth-order valence-electron chi connectivity index (χ4n) is 1.53. The van der Waals surface area contributed by atoms with Crippen LogP contribution in [0.2, 0.25) is 0 Å². The van der Waals surface area contributed by atoms with Crippen molar-refractivity contribution in [3.63, 3.8) is 0 Å². The molecule has 2 rings (SSSR count). The highest BCUT2D eigenvalue weighted by Crippen LogP contribution is 2.40. The van der Waals surface area contributed by atoms with Gasteiger partial charge in [0.25, 0.3) is 0 Å². The summed E-state index contributed by atoms with van der Waals surface area (Å²) in [6, 6.07) is 8.56. The second kappa shape index (κ2) is 3.67. The SMILES string of the molecule is N#CCS(=O)(=O)c1ccc(C2CC2)cc1. The first-order valence-electron chi connectivity index (χ1n) is 4.83. The van der Waals surface area contributed by atoms with Crippen LogP contribution in [0.1, 0.15) is 24.3 Å². The molecule has 0 N–H and O–H groups in total. The van der Waals surface area contributed by atoms with E-state index >= 15 is 0 Å². The minimum Gasteiger partial charge on any atom is -0.223 e. The first-order valence-corrected chi connectivity index (χ1v) is 6.48. The molecule has 0 amide bonds. The van der Waals surface area contributed by atoms with E-state index < -0.39 is 15.6 Å². The summed E-state index contributed by atoms with van der Waals surface area (Å²) in [4.78, 5) is 0.244. The van der Waals surface area contributed by atoms with E-state index in [-0.39, 0.29) is 4.90 Å². The molecule has 0 bridgehead atoms. The molecular formula is C11H11NO2S. The molecule has 1 saturated carbocycles. The Morgan fingerprint density at radius 1 is 1.27 bits per heavy atom. The van der Waals surface area contributed by atoms with E-state index in [9.17, 15) is 8.42 Å². The number of rotatable bonds is 3. The third-order valence-electron chi connectivity index (χ3n) is 2.54. The molecule has 78 valence electrons. The molecule has 1 fully saturated rings. The lowest BCUT2D eigenvalue weighted by molar-refractivity contribution is 0.599. The van der Waals surface area contributed by atoms with Gasteiger partial charge >= 0.3 is 0 Å². The Bertz CT molecular complexity index is 492. The summed E-state index contributed by atoms with van der Waals surface area (Å²) >= 11 is 0. The maximum absolute atomic E-state index is 11.5. The number of benzene rings is 1. The highest BCUT2D eigenvalue weighted by molar-refractivity contribution is 7.91. The fourth-order valence-corrected chi connectivity index (χ4v) is 2.42. The molecule has 1 aromatic rings. The van der Waals surface area contributed by atoms with Crippen molar-refractivity contribution in [2.24, 2.45) is 0 Å². The Labute approximate surface area is 89.3 Å². The monoisotopic (exact) mass is 221 g/mol. The molecule has 0 saturated heterocycles. The van der Waals surface area contributed by atoms with Gasteiger partial charge in [0, 0.05) is 0 Å². The zero-order chi connectivity index (χ0) is 10.9. The van der Waals surface area contributed by atoms with Crippen LogP contribution in [0.4, 0.5) is 0 Å². The van der Waals surface area contributed by atoms with Crippen molar-refractivity contribution in [3.8, 4) is 6.07 Å². The van der Waals surface area contributed by atoms with Crippen LogP contribution in [0.25, 0.3) is 0 Å². The molecule has 0 atom stereocenters. The first-order chi connectivity index (χ1) is 7.13. The summed E-state index contributed by atoms with van der Waals surface area (Å²) in [6.07, 6.45) is 2.40. The lowest BCUT2D eigenvalue weighted by Crippen LogP contribution is -2.04. The number of hydrogen-bond donors (Lipinski definition) is 0. The van der Waals surface area contributed by atoms with Crippen LogP contribution in [0.3, 0.4) is 0 Å². The van der Waals surface area contributed by atoms with E-state index in [0.29, 0.717) is 5.92 Å². The van der Waals surface area contributed by atoms with Gasteiger partial charge in [-0.15, -0.1) is 0 Å². The summed E-state index contributed by atoms with van der Waals surface area (Å²) < 4.78 is 23.0. The highest BCUT2D eigenvalue weighted by atomic mass is 32.2. The predicted molar refractivity (Wildman–Crippen MR) is 56.1 cm³/mol. The Morgan fingerprint density at radius 3 is 2.33 bits per heavy atom. The van der Waals surface area contributed by atoms with Crippen molar-refractivity contribution in [1.82, 2.24) is 0 Å². The maximum atomic E-state index is 11.5. The van der Waals surface area contributed by atoms with Crippen molar-refractivity contribution in [2.45, 2.75) is 23.7 Å². The van der Waals surface area contributed by atoms with Crippen molar-refractivity contribution in [1.29, 1.82) is 5.26 Å². The van der Waals surface area contributed by atoms with Gasteiger partial charge in [-0.2, -0.15) is 5.26 Å². The zero-order valence-electron chi connectivity index (χ0n) is 8.18. The van der Waals surface area contributed by atoms with E-state index in [1.165, 1.54) is 18.4 Å². The largest absolute Gasteiger partial charge is 0.223 e. The standard InChI is InChI=1S/C11H11NO2S/c12-7-8-15(13,14)11-5-3-10(4-6-11)9-1-2-9/h3-6,9H,1-2,8H2. The number of sulfone groups is 1. The molecule has 15 heavy (non-hydrogen) atoms. The van der Waals surface area contributed by atoms with Crippen LogP contribution in [0.5, 0.6) is 0 Å². The number of hydrogen-bond acceptors (Lipinski definition) is 3. The molecular weight excluding hydrogens is 210 g/mol. The average Bonchev–Trinajstić information content (AvgIpc) is 3.01. The van der Waals surface area contributed by atoms with Gasteiger partial charge in [-0.1, -0.05) is 12.1 Å². The minimum atomic E-state index is -3.39. The zero-order valence-corrected chi connectivity index (χ0v) is 9.00. The van der Waals surface area contributed by atoms with E-state index in [1.54, 1.807) is 18.2 Å². The summed E-state index contributed by atoms with van der Waals surface area (Å²) in [7, 11) is -3.39. The van der Waals surface area contributed by atoms with Gasteiger partial charge in [-0.25, -0.2) is 8.42 Å². The molecule has 1 aromatic carbocycles. The second-order valence-corrected chi connectivity index (χ2v) is 5.75. The van der Waals surface area contributed by atoms with Gasteiger partial charge in [0.05, 0.1) is 11.0 Å². The predicted octanol–water partition coefficient (Wildman–Crippen LogP) is 1.86. The molecule has 0 heterocycles. The van der Waals surface area contributed by atoms with Crippen LogP contribution in [-0.4, -0.2) is 14.2 Å². The average molecular weight is 221 g/mol. The highest BCUT2D eigenvalue weighted by Gasteiger charge is 2.23. The van der Waals surface area contributed by atoms with Crippen LogP contribution < -0.4 is 0 Å². The molecule has 1 aliphatic rings. The van der Waals surface area contributed by atoms with Gasteiger partial charge in [0.2, 0.25) is 0 Å². The van der Waals surface area contributed by atoms with E-state index in [4.69, 9.17) is 5.26 Å². The molecule has 4 heteroatoms. The van der Waals surface area contributed by atoms with Crippen molar-refractivity contribution in [3.05, 3.63) is 29.8 Å². The smallest absolute Gasteiger partial charge is 0.191 e. The maximum Gasteiger partial charge on any atom is 0.191 e. The molecule has 0 radical (unpaired) electrons. The van der Waals surface area contributed by atoms with E-state index in [0.717, 1.165) is 0 Å².